The highest BCUT2D eigenvalue weighted by atomic mass is 16.3. The third kappa shape index (κ3) is 3.93. The Hall–Kier alpha value is -1.10. The second-order valence-electron chi connectivity index (χ2n) is 5.69. The van der Waals surface area contributed by atoms with Crippen LogP contribution >= 0.6 is 0 Å². The van der Waals surface area contributed by atoms with Crippen molar-refractivity contribution in [1.82, 2.24) is 10.2 Å². The number of nitrogens with zero attached hydrogens (tertiary/aromatic N) is 1. The van der Waals surface area contributed by atoms with Gasteiger partial charge in [0.2, 0.25) is 11.8 Å². The number of rotatable bonds is 6. The summed E-state index contributed by atoms with van der Waals surface area (Å²) in [5.74, 6) is -0.374. The van der Waals surface area contributed by atoms with Crippen molar-refractivity contribution in [2.24, 2.45) is 5.92 Å². The Labute approximate surface area is 115 Å². The van der Waals surface area contributed by atoms with E-state index in [0.29, 0.717) is 19.4 Å². The maximum absolute atomic E-state index is 12.0. The molecule has 0 aliphatic carbocycles. The number of carbonyl (C=O) groups is 2. The highest BCUT2D eigenvalue weighted by Crippen LogP contribution is 2.20. The molecule has 0 aromatic heterocycles. The predicted molar refractivity (Wildman–Crippen MR) is 73.5 cm³/mol. The van der Waals surface area contributed by atoms with Crippen molar-refractivity contribution in [2.75, 3.05) is 13.1 Å². The van der Waals surface area contributed by atoms with E-state index in [0.717, 1.165) is 0 Å². The average Bonchev–Trinajstić information content (AvgIpc) is 2.78. The lowest BCUT2D eigenvalue weighted by Gasteiger charge is -2.26. The highest BCUT2D eigenvalue weighted by Gasteiger charge is 2.36. The van der Waals surface area contributed by atoms with Gasteiger partial charge in [0.15, 0.2) is 0 Å². The first-order valence-electron chi connectivity index (χ1n) is 7.12. The van der Waals surface area contributed by atoms with Gasteiger partial charge in [-0.05, 0) is 26.7 Å². The lowest BCUT2D eigenvalue weighted by atomic mass is 9.97. The van der Waals surface area contributed by atoms with Gasteiger partial charge in [-0.1, -0.05) is 13.8 Å². The van der Waals surface area contributed by atoms with E-state index in [1.165, 1.54) is 0 Å². The monoisotopic (exact) mass is 270 g/mol. The molecule has 0 bridgehead atoms. The Morgan fingerprint density at radius 3 is 2.47 bits per heavy atom. The molecule has 0 spiro atoms. The zero-order chi connectivity index (χ0) is 14.6. The molecule has 0 saturated carbocycles. The van der Waals surface area contributed by atoms with Gasteiger partial charge in [0.25, 0.3) is 0 Å². The van der Waals surface area contributed by atoms with E-state index in [9.17, 15) is 14.7 Å². The molecular formula is C14H26N2O3. The van der Waals surface area contributed by atoms with E-state index in [2.05, 4.69) is 5.32 Å². The minimum atomic E-state index is -0.837. The summed E-state index contributed by atoms with van der Waals surface area (Å²) in [5.41, 5.74) is -0.837. The molecule has 5 heteroatoms. The summed E-state index contributed by atoms with van der Waals surface area (Å²) < 4.78 is 0. The number of carbonyl (C=O) groups excluding carboxylic acids is 2. The lowest BCUT2D eigenvalue weighted by molar-refractivity contribution is -0.130. The fourth-order valence-electron chi connectivity index (χ4n) is 2.30. The number of hydrogen-bond donors (Lipinski definition) is 2. The van der Waals surface area contributed by atoms with Crippen LogP contribution in [0.15, 0.2) is 0 Å². The molecule has 1 aliphatic rings. The average molecular weight is 270 g/mol. The van der Waals surface area contributed by atoms with E-state index in [-0.39, 0.29) is 36.7 Å². The van der Waals surface area contributed by atoms with Gasteiger partial charge in [-0.25, -0.2) is 0 Å². The Morgan fingerprint density at radius 1 is 1.47 bits per heavy atom. The van der Waals surface area contributed by atoms with Crippen molar-refractivity contribution >= 4 is 11.8 Å². The summed E-state index contributed by atoms with van der Waals surface area (Å²) in [6.07, 6.45) is 1.48. The van der Waals surface area contributed by atoms with Crippen molar-refractivity contribution in [3.63, 3.8) is 0 Å². The molecule has 19 heavy (non-hydrogen) atoms. The van der Waals surface area contributed by atoms with Gasteiger partial charge in [-0.2, -0.15) is 0 Å². The van der Waals surface area contributed by atoms with Crippen LogP contribution in [-0.2, 0) is 9.59 Å². The van der Waals surface area contributed by atoms with Crippen molar-refractivity contribution in [2.45, 2.75) is 58.6 Å². The van der Waals surface area contributed by atoms with E-state index in [1.807, 2.05) is 27.7 Å². The van der Waals surface area contributed by atoms with Gasteiger partial charge in [-0.15, -0.1) is 0 Å². The van der Waals surface area contributed by atoms with Crippen LogP contribution in [0, 0.1) is 5.92 Å². The SMILES string of the molecule is CCC(O)(CC)CNC(=O)[C@H]1CC(=O)N(C(C)C)C1. The first-order chi connectivity index (χ1) is 8.83. The second kappa shape index (κ2) is 6.37. The number of likely N-dealkylation sites (tertiary alicyclic amines) is 1. The standard InChI is InChI=1S/C14H26N2O3/c1-5-14(19,6-2)9-15-13(18)11-7-12(17)16(8-11)10(3)4/h10-11,19H,5-9H2,1-4H3,(H,15,18)/t11-/m0/s1. The fourth-order valence-corrected chi connectivity index (χ4v) is 2.30. The van der Waals surface area contributed by atoms with Gasteiger partial charge in [0, 0.05) is 25.6 Å². The van der Waals surface area contributed by atoms with Crippen molar-refractivity contribution in [3.8, 4) is 0 Å². The summed E-state index contributed by atoms with van der Waals surface area (Å²) in [7, 11) is 0. The van der Waals surface area contributed by atoms with E-state index in [4.69, 9.17) is 0 Å². The minimum absolute atomic E-state index is 0.0383. The van der Waals surface area contributed by atoms with Gasteiger partial charge in [0.1, 0.15) is 0 Å². The zero-order valence-corrected chi connectivity index (χ0v) is 12.4. The molecule has 0 aromatic carbocycles. The summed E-state index contributed by atoms with van der Waals surface area (Å²) in [4.78, 5) is 25.5. The van der Waals surface area contributed by atoms with Crippen LogP contribution in [0.4, 0.5) is 0 Å². The maximum atomic E-state index is 12.0. The number of aliphatic hydroxyl groups is 1. The first-order valence-corrected chi connectivity index (χ1v) is 7.12. The molecule has 2 amide bonds. The van der Waals surface area contributed by atoms with Crippen LogP contribution in [0.25, 0.3) is 0 Å². The lowest BCUT2D eigenvalue weighted by Crippen LogP contribution is -2.44. The van der Waals surface area contributed by atoms with Gasteiger partial charge < -0.3 is 15.3 Å². The fraction of sp³-hybridized carbons (Fsp3) is 0.857. The molecule has 0 radical (unpaired) electrons. The van der Waals surface area contributed by atoms with Gasteiger partial charge in [-0.3, -0.25) is 9.59 Å². The van der Waals surface area contributed by atoms with Crippen molar-refractivity contribution < 1.29 is 14.7 Å². The quantitative estimate of drug-likeness (QED) is 0.754. The van der Waals surface area contributed by atoms with Crippen LogP contribution in [-0.4, -0.2) is 46.6 Å². The third-order valence-electron chi connectivity index (χ3n) is 4.06. The van der Waals surface area contributed by atoms with Crippen LogP contribution in [0.1, 0.15) is 47.0 Å². The van der Waals surface area contributed by atoms with Crippen LogP contribution in [0.2, 0.25) is 0 Å². The Balaban J connectivity index is 2.50. The predicted octanol–water partition coefficient (Wildman–Crippen LogP) is 0.911. The molecule has 1 heterocycles. The first kappa shape index (κ1) is 16.0. The van der Waals surface area contributed by atoms with Crippen molar-refractivity contribution in [3.05, 3.63) is 0 Å². The summed E-state index contributed by atoms with van der Waals surface area (Å²) >= 11 is 0. The molecule has 0 unspecified atom stereocenters. The van der Waals surface area contributed by atoms with E-state index in [1.54, 1.807) is 4.90 Å². The molecular weight excluding hydrogens is 244 g/mol. The number of hydrogen-bond acceptors (Lipinski definition) is 3. The van der Waals surface area contributed by atoms with E-state index < -0.39 is 5.60 Å². The molecule has 1 atom stereocenters. The van der Waals surface area contributed by atoms with Crippen LogP contribution in [0.5, 0.6) is 0 Å². The summed E-state index contributed by atoms with van der Waals surface area (Å²) in [6, 6.07) is 0.133. The van der Waals surface area contributed by atoms with Crippen molar-refractivity contribution in [1.29, 1.82) is 0 Å². The molecule has 1 fully saturated rings. The maximum Gasteiger partial charge on any atom is 0.225 e. The van der Waals surface area contributed by atoms with Gasteiger partial charge >= 0.3 is 0 Å². The Morgan fingerprint density at radius 2 is 2.05 bits per heavy atom. The third-order valence-corrected chi connectivity index (χ3v) is 4.06. The number of amides is 2. The number of nitrogens with one attached hydrogen (secondary N) is 1. The molecule has 0 aromatic rings. The van der Waals surface area contributed by atoms with Gasteiger partial charge in [0.05, 0.1) is 11.5 Å². The molecule has 5 nitrogen and oxygen atoms in total. The smallest absolute Gasteiger partial charge is 0.225 e. The van der Waals surface area contributed by atoms with Crippen LogP contribution < -0.4 is 5.32 Å². The normalized spacial score (nSPS) is 20.2. The van der Waals surface area contributed by atoms with E-state index >= 15 is 0 Å². The largest absolute Gasteiger partial charge is 0.388 e. The topological polar surface area (TPSA) is 69.6 Å². The summed E-state index contributed by atoms with van der Waals surface area (Å²) in [5, 5.41) is 12.9. The molecule has 1 saturated heterocycles. The van der Waals surface area contributed by atoms with Crippen LogP contribution in [0.3, 0.4) is 0 Å². The molecule has 1 rings (SSSR count). The second-order valence-corrected chi connectivity index (χ2v) is 5.69. The Bertz CT molecular complexity index is 338. The molecule has 110 valence electrons. The zero-order valence-electron chi connectivity index (χ0n) is 12.4. The summed E-state index contributed by atoms with van der Waals surface area (Å²) in [6.45, 7) is 8.44. The highest BCUT2D eigenvalue weighted by molar-refractivity contribution is 5.89. The molecule has 1 aliphatic heterocycles. The minimum Gasteiger partial charge on any atom is -0.388 e. The molecule has 2 N–H and O–H groups in total. The Kier molecular flexibility index (Phi) is 5.35.